The van der Waals surface area contributed by atoms with Gasteiger partial charge >= 0.3 is 24.1 Å². The number of hydrogen-bond donors (Lipinski definition) is 3. The third kappa shape index (κ3) is 13.0. The molecule has 3 N–H and O–H groups in total. The van der Waals surface area contributed by atoms with E-state index >= 15 is 0 Å². The first kappa shape index (κ1) is 39.4. The Hall–Kier alpha value is -3.65. The molecule has 0 unspecified atom stereocenters. The van der Waals surface area contributed by atoms with Crippen LogP contribution in [0.25, 0.3) is 0 Å². The molecule has 43 heavy (non-hydrogen) atoms. The molecule has 1 aromatic rings. The van der Waals surface area contributed by atoms with E-state index in [1.54, 1.807) is 62.3 Å². The highest BCUT2D eigenvalue weighted by atomic mass is 19.2. The number of nitrogens with one attached hydrogen (secondary N) is 2. The molecule has 0 aliphatic carbocycles. The van der Waals surface area contributed by atoms with Gasteiger partial charge in [-0.05, 0) is 52.4 Å². The number of carbonyl (C=O) groups excluding carboxylic acids is 3. The van der Waals surface area contributed by atoms with Gasteiger partial charge in [0.15, 0.2) is 0 Å². The average Bonchev–Trinajstić information content (AvgIpc) is 2.77. The summed E-state index contributed by atoms with van der Waals surface area (Å²) in [5, 5.41) is 13.5. The van der Waals surface area contributed by atoms with Gasteiger partial charge in [-0.15, -0.1) is 0 Å². The van der Waals surface area contributed by atoms with Gasteiger partial charge in [0, 0.05) is 0 Å². The van der Waals surface area contributed by atoms with E-state index in [1.807, 2.05) is 0 Å². The standard InChI is InChI=1S/C17H20F5NO4.C11H21NO4/c1-16(2,3)13(23-15(25)27-17(4,5)6)14(24)26-12-10(21)8(19)7(18)9(20)11(12)22;1-10(2,3)7(8(13)14)12-9(15)16-11(4,5)6/h13H,1-6H3,(H,23,25);7H,1-6H3,(H,12,15)(H,13,14)/t13-;7-/m11/s1. The molecule has 246 valence electrons. The molecule has 0 fully saturated rings. The van der Waals surface area contributed by atoms with Crippen LogP contribution < -0.4 is 15.4 Å². The summed E-state index contributed by atoms with van der Waals surface area (Å²) in [6, 6.07) is -2.48. The van der Waals surface area contributed by atoms with Crippen molar-refractivity contribution in [2.75, 3.05) is 0 Å². The molecule has 0 bridgehead atoms. The summed E-state index contributed by atoms with van der Waals surface area (Å²) in [6.07, 6.45) is -1.74. The van der Waals surface area contributed by atoms with Crippen molar-refractivity contribution in [3.8, 4) is 5.75 Å². The fourth-order valence-corrected chi connectivity index (χ4v) is 2.96. The van der Waals surface area contributed by atoms with Gasteiger partial charge in [-0.2, -0.15) is 8.78 Å². The van der Waals surface area contributed by atoms with Crippen LogP contribution in [0.4, 0.5) is 31.5 Å². The molecule has 0 saturated heterocycles. The van der Waals surface area contributed by atoms with E-state index in [0.717, 1.165) is 0 Å². The lowest BCUT2D eigenvalue weighted by Crippen LogP contribution is -2.52. The Kier molecular flexibility index (Phi) is 13.0. The lowest BCUT2D eigenvalue weighted by Gasteiger charge is -2.30. The maximum Gasteiger partial charge on any atom is 0.408 e. The second kappa shape index (κ2) is 14.2. The highest BCUT2D eigenvalue weighted by Gasteiger charge is 2.38. The van der Waals surface area contributed by atoms with Gasteiger partial charge in [-0.1, -0.05) is 41.5 Å². The van der Waals surface area contributed by atoms with Crippen LogP contribution in [-0.4, -0.2) is 52.5 Å². The van der Waals surface area contributed by atoms with Crippen molar-refractivity contribution in [1.29, 1.82) is 0 Å². The minimum Gasteiger partial charge on any atom is -0.480 e. The lowest BCUT2D eigenvalue weighted by atomic mass is 9.87. The number of hydrogen-bond acceptors (Lipinski definition) is 7. The topological polar surface area (TPSA) is 140 Å². The number of rotatable bonds is 5. The Bertz CT molecular complexity index is 1170. The minimum atomic E-state index is -2.39. The van der Waals surface area contributed by atoms with Gasteiger partial charge < -0.3 is 30.0 Å². The second-order valence-electron chi connectivity index (χ2n) is 13.5. The van der Waals surface area contributed by atoms with Crippen molar-refractivity contribution >= 4 is 24.1 Å². The van der Waals surface area contributed by atoms with Crippen LogP contribution in [-0.2, 0) is 19.1 Å². The van der Waals surface area contributed by atoms with E-state index in [2.05, 4.69) is 15.4 Å². The average molecular weight is 629 g/mol. The van der Waals surface area contributed by atoms with Gasteiger partial charge in [0.25, 0.3) is 0 Å². The molecule has 0 aliphatic heterocycles. The predicted molar refractivity (Wildman–Crippen MR) is 145 cm³/mol. The van der Waals surface area contributed by atoms with Crippen LogP contribution in [0.1, 0.15) is 83.1 Å². The van der Waals surface area contributed by atoms with Crippen molar-refractivity contribution in [2.24, 2.45) is 10.8 Å². The number of aliphatic carboxylic acids is 1. The van der Waals surface area contributed by atoms with Crippen LogP contribution in [0.3, 0.4) is 0 Å². The molecule has 0 aromatic heterocycles. The largest absolute Gasteiger partial charge is 0.480 e. The van der Waals surface area contributed by atoms with E-state index in [0.29, 0.717) is 0 Å². The van der Waals surface area contributed by atoms with Gasteiger partial charge in [-0.3, -0.25) is 0 Å². The molecule has 10 nitrogen and oxygen atoms in total. The smallest absolute Gasteiger partial charge is 0.408 e. The van der Waals surface area contributed by atoms with Crippen molar-refractivity contribution in [1.82, 2.24) is 10.6 Å². The van der Waals surface area contributed by atoms with E-state index in [1.165, 1.54) is 20.8 Å². The van der Waals surface area contributed by atoms with Crippen molar-refractivity contribution < 1.29 is 60.4 Å². The number of amides is 2. The highest BCUT2D eigenvalue weighted by Crippen LogP contribution is 2.31. The van der Waals surface area contributed by atoms with Crippen LogP contribution >= 0.6 is 0 Å². The molecule has 0 saturated carbocycles. The normalized spacial score (nSPS) is 13.5. The van der Waals surface area contributed by atoms with E-state index < -0.39 is 93.1 Å². The zero-order valence-electron chi connectivity index (χ0n) is 26.3. The Morgan fingerprint density at radius 3 is 1.16 bits per heavy atom. The quantitative estimate of drug-likeness (QED) is 0.115. The molecule has 1 aromatic carbocycles. The summed E-state index contributed by atoms with van der Waals surface area (Å²) in [7, 11) is 0. The number of carboxylic acids is 1. The first-order valence-electron chi connectivity index (χ1n) is 12.9. The SMILES string of the molecule is CC(C)(C)OC(=O)N[C@H](C(=O)O)C(C)(C)C.CC(C)(C)OC(=O)N[C@H](C(=O)Oc1c(F)c(F)c(F)c(F)c1F)C(C)(C)C. The van der Waals surface area contributed by atoms with Crippen LogP contribution in [0.15, 0.2) is 0 Å². The third-order valence-corrected chi connectivity index (χ3v) is 4.91. The number of ether oxygens (including phenoxy) is 3. The van der Waals surface area contributed by atoms with E-state index in [-0.39, 0.29) is 0 Å². The molecule has 0 aliphatic rings. The molecular formula is C28H41F5N2O8. The van der Waals surface area contributed by atoms with Gasteiger partial charge in [-0.25, -0.2) is 32.3 Å². The fraction of sp³-hybridized carbons (Fsp3) is 0.643. The van der Waals surface area contributed by atoms with Crippen LogP contribution in [0.5, 0.6) is 5.75 Å². The van der Waals surface area contributed by atoms with Crippen LogP contribution in [0.2, 0.25) is 0 Å². The summed E-state index contributed by atoms with van der Waals surface area (Å²) < 4.78 is 81.3. The Morgan fingerprint density at radius 2 is 0.884 bits per heavy atom. The van der Waals surface area contributed by atoms with Gasteiger partial charge in [0.1, 0.15) is 23.3 Å². The van der Waals surface area contributed by atoms with Crippen molar-refractivity contribution in [2.45, 2.75) is 106 Å². The number of alkyl carbamates (subject to hydrolysis) is 2. The molecule has 0 spiro atoms. The Balaban J connectivity index is 0.000000942. The zero-order chi connectivity index (χ0) is 34.5. The van der Waals surface area contributed by atoms with Gasteiger partial charge in [0.05, 0.1) is 0 Å². The van der Waals surface area contributed by atoms with Crippen molar-refractivity contribution in [3.63, 3.8) is 0 Å². The fourth-order valence-electron chi connectivity index (χ4n) is 2.96. The molecule has 15 heteroatoms. The second-order valence-corrected chi connectivity index (χ2v) is 13.5. The van der Waals surface area contributed by atoms with E-state index in [9.17, 15) is 41.1 Å². The maximum atomic E-state index is 13.7. The Labute approximate surface area is 247 Å². The summed E-state index contributed by atoms with van der Waals surface area (Å²) in [5.74, 6) is -15.8. The number of esters is 1. The maximum absolute atomic E-state index is 13.7. The summed E-state index contributed by atoms with van der Waals surface area (Å²) in [6.45, 7) is 19.5. The molecule has 1 rings (SSSR count). The molecular weight excluding hydrogens is 587 g/mol. The third-order valence-electron chi connectivity index (χ3n) is 4.91. The number of carbonyl (C=O) groups is 4. The van der Waals surface area contributed by atoms with Gasteiger partial charge in [0.2, 0.25) is 34.8 Å². The number of carboxylic acid groups (broad SMARTS) is 1. The summed E-state index contributed by atoms with van der Waals surface area (Å²) in [5.41, 5.74) is -3.15. The van der Waals surface area contributed by atoms with Crippen LogP contribution in [0, 0.1) is 39.9 Å². The molecule has 0 heterocycles. The van der Waals surface area contributed by atoms with E-state index in [4.69, 9.17) is 14.6 Å². The minimum absolute atomic E-state index is 0.567. The summed E-state index contributed by atoms with van der Waals surface area (Å²) in [4.78, 5) is 46.6. The monoisotopic (exact) mass is 628 g/mol. The summed E-state index contributed by atoms with van der Waals surface area (Å²) >= 11 is 0. The predicted octanol–water partition coefficient (Wildman–Crippen LogP) is 6.24. The first-order valence-corrected chi connectivity index (χ1v) is 12.9. The van der Waals surface area contributed by atoms with Crippen molar-refractivity contribution in [3.05, 3.63) is 29.1 Å². The highest BCUT2D eigenvalue weighted by molar-refractivity contribution is 5.84. The number of benzene rings is 1. The molecule has 2 atom stereocenters. The molecule has 0 radical (unpaired) electrons. The number of halogens is 5. The lowest BCUT2D eigenvalue weighted by molar-refractivity contribution is -0.142. The zero-order valence-corrected chi connectivity index (χ0v) is 26.3. The first-order chi connectivity index (χ1) is 19.0. The molecule has 2 amide bonds. The Morgan fingerprint density at radius 1 is 0.581 bits per heavy atom.